The van der Waals surface area contributed by atoms with Gasteiger partial charge in [-0.3, -0.25) is 0 Å². The first kappa shape index (κ1) is 20.2. The fraction of sp³-hybridized carbons (Fsp3) is 0.556. The molecule has 142 valence electrons. The molecule has 0 spiro atoms. The van der Waals surface area contributed by atoms with Crippen molar-refractivity contribution in [1.29, 1.82) is 5.26 Å². The number of benzene rings is 1. The third-order valence-corrected chi connectivity index (χ3v) is 5.32. The molecule has 0 aliphatic carbocycles. The number of carbonyl (C=O) groups excluding carboxylic acids is 1. The van der Waals surface area contributed by atoms with Crippen LogP contribution in [0.15, 0.2) is 24.3 Å². The number of nitrogens with zero attached hydrogens (tertiary/aromatic N) is 2. The highest BCUT2D eigenvalue weighted by atomic mass is 32.2. The van der Waals surface area contributed by atoms with Gasteiger partial charge in [0.15, 0.2) is 0 Å². The van der Waals surface area contributed by atoms with Gasteiger partial charge in [0, 0.05) is 19.1 Å². The highest BCUT2D eigenvalue weighted by molar-refractivity contribution is 7.88. The van der Waals surface area contributed by atoms with Crippen molar-refractivity contribution in [3.8, 4) is 6.07 Å². The molecule has 1 fully saturated rings. The second-order valence-electron chi connectivity index (χ2n) is 7.35. The highest BCUT2D eigenvalue weighted by Crippen LogP contribution is 2.21. The fourth-order valence-corrected chi connectivity index (χ4v) is 4.05. The summed E-state index contributed by atoms with van der Waals surface area (Å²) in [6, 6.07) is 8.38. The summed E-state index contributed by atoms with van der Waals surface area (Å²) in [5.74, 6) is -0.268. The topological polar surface area (TPSA) is 99.5 Å². The maximum absolute atomic E-state index is 12.4. The molecule has 1 aliphatic heterocycles. The molecule has 1 atom stereocenters. The van der Waals surface area contributed by atoms with Crippen LogP contribution in [0.5, 0.6) is 0 Å². The zero-order valence-corrected chi connectivity index (χ0v) is 16.2. The number of rotatable bonds is 5. The van der Waals surface area contributed by atoms with Gasteiger partial charge in [-0.15, -0.1) is 0 Å². The summed E-state index contributed by atoms with van der Waals surface area (Å²) in [6.45, 7) is 6.08. The van der Waals surface area contributed by atoms with E-state index in [4.69, 9.17) is 10.00 Å². The molecular formula is C18H25N3O4S. The lowest BCUT2D eigenvalue weighted by molar-refractivity contribution is 0.0229. The molecule has 0 saturated carbocycles. The normalized spacial score (nSPS) is 17.8. The van der Waals surface area contributed by atoms with Gasteiger partial charge in [0.05, 0.1) is 17.4 Å². The predicted molar refractivity (Wildman–Crippen MR) is 97.7 cm³/mol. The lowest BCUT2D eigenvalue weighted by atomic mass is 10.1. The molecule has 2 rings (SSSR count). The average molecular weight is 379 g/mol. The molecule has 0 bridgehead atoms. The van der Waals surface area contributed by atoms with Crippen LogP contribution in [-0.2, 0) is 20.5 Å². The van der Waals surface area contributed by atoms with E-state index in [2.05, 4.69) is 4.72 Å². The average Bonchev–Trinajstić information content (AvgIpc) is 3.00. The standard InChI is InChI=1S/C18H25N3O4S/c1-18(2,3)25-17(22)21-10-6-9-16(21)12-20-26(23,24)13-15-8-5-4-7-14(15)11-19/h4-5,7-8,16,20H,6,9-10,12-13H2,1-3H3/t16-/m0/s1. The van der Waals surface area contributed by atoms with Crippen molar-refractivity contribution in [1.82, 2.24) is 9.62 Å². The number of nitrogens with one attached hydrogen (secondary N) is 1. The second kappa shape index (κ2) is 8.06. The van der Waals surface area contributed by atoms with Gasteiger partial charge in [0.25, 0.3) is 0 Å². The van der Waals surface area contributed by atoms with Crippen molar-refractivity contribution in [2.24, 2.45) is 0 Å². The summed E-state index contributed by atoms with van der Waals surface area (Å²) in [6.07, 6.45) is 1.11. The number of likely N-dealkylation sites (tertiary alicyclic amines) is 1. The predicted octanol–water partition coefficient (Wildman–Crippen LogP) is 2.38. The van der Waals surface area contributed by atoms with Gasteiger partial charge in [-0.25, -0.2) is 17.9 Å². The summed E-state index contributed by atoms with van der Waals surface area (Å²) in [4.78, 5) is 13.8. The van der Waals surface area contributed by atoms with Crippen LogP contribution in [0, 0.1) is 11.3 Å². The highest BCUT2D eigenvalue weighted by Gasteiger charge is 2.32. The lowest BCUT2D eigenvalue weighted by Gasteiger charge is -2.28. The van der Waals surface area contributed by atoms with Crippen LogP contribution in [0.1, 0.15) is 44.7 Å². The molecule has 26 heavy (non-hydrogen) atoms. The van der Waals surface area contributed by atoms with E-state index in [1.54, 1.807) is 49.9 Å². The van der Waals surface area contributed by atoms with Crippen molar-refractivity contribution in [3.05, 3.63) is 35.4 Å². The number of amides is 1. The smallest absolute Gasteiger partial charge is 0.410 e. The van der Waals surface area contributed by atoms with E-state index in [0.29, 0.717) is 17.7 Å². The summed E-state index contributed by atoms with van der Waals surface area (Å²) >= 11 is 0. The molecule has 8 heteroatoms. The number of hydrogen-bond donors (Lipinski definition) is 1. The molecule has 1 aliphatic rings. The summed E-state index contributed by atoms with van der Waals surface area (Å²) in [5.41, 5.74) is 0.206. The molecule has 1 aromatic carbocycles. The Hall–Kier alpha value is -2.11. The Labute approximate surface area is 155 Å². The number of ether oxygens (including phenoxy) is 1. The van der Waals surface area contributed by atoms with Crippen LogP contribution in [0.3, 0.4) is 0 Å². The van der Waals surface area contributed by atoms with Crippen LogP contribution in [0.2, 0.25) is 0 Å². The number of carbonyl (C=O) groups is 1. The monoisotopic (exact) mass is 379 g/mol. The van der Waals surface area contributed by atoms with Crippen LogP contribution < -0.4 is 4.72 Å². The Morgan fingerprint density at radius 3 is 2.73 bits per heavy atom. The summed E-state index contributed by atoms with van der Waals surface area (Å²) < 4.78 is 32.7. The van der Waals surface area contributed by atoms with E-state index >= 15 is 0 Å². The molecule has 7 nitrogen and oxygen atoms in total. The minimum absolute atomic E-state index is 0.135. The first-order valence-electron chi connectivity index (χ1n) is 8.56. The van der Waals surface area contributed by atoms with Crippen molar-refractivity contribution < 1.29 is 17.9 Å². The minimum atomic E-state index is -3.62. The maximum atomic E-state index is 12.4. The molecule has 1 amide bonds. The van der Waals surface area contributed by atoms with Crippen molar-refractivity contribution in [2.75, 3.05) is 13.1 Å². The van der Waals surface area contributed by atoms with E-state index in [9.17, 15) is 13.2 Å². The van der Waals surface area contributed by atoms with E-state index in [1.165, 1.54) is 0 Å². The van der Waals surface area contributed by atoms with E-state index in [0.717, 1.165) is 12.8 Å². The van der Waals surface area contributed by atoms with Gasteiger partial charge in [0.1, 0.15) is 5.60 Å². The van der Waals surface area contributed by atoms with Gasteiger partial charge in [-0.05, 0) is 45.2 Å². The first-order chi connectivity index (χ1) is 12.1. The third kappa shape index (κ3) is 5.71. The van der Waals surface area contributed by atoms with Gasteiger partial charge in [-0.1, -0.05) is 18.2 Å². The van der Waals surface area contributed by atoms with E-state index in [1.807, 2.05) is 6.07 Å². The molecule has 1 heterocycles. The Kier molecular flexibility index (Phi) is 6.26. The zero-order chi connectivity index (χ0) is 19.4. The fourth-order valence-electron chi connectivity index (χ4n) is 2.84. The molecule has 1 N–H and O–H groups in total. The second-order valence-corrected chi connectivity index (χ2v) is 9.15. The minimum Gasteiger partial charge on any atom is -0.444 e. The third-order valence-electron chi connectivity index (χ3n) is 4.03. The van der Waals surface area contributed by atoms with Crippen molar-refractivity contribution in [2.45, 2.75) is 51.0 Å². The molecule has 0 aromatic heterocycles. The van der Waals surface area contributed by atoms with Gasteiger partial charge in [-0.2, -0.15) is 5.26 Å². The Balaban J connectivity index is 1.98. The first-order valence-corrected chi connectivity index (χ1v) is 10.2. The van der Waals surface area contributed by atoms with Gasteiger partial charge in [0.2, 0.25) is 10.0 Å². The SMILES string of the molecule is CC(C)(C)OC(=O)N1CCC[C@H]1CNS(=O)(=O)Cc1ccccc1C#N. The number of hydrogen-bond acceptors (Lipinski definition) is 5. The number of nitriles is 1. The summed E-state index contributed by atoms with van der Waals surface area (Å²) in [5, 5.41) is 9.08. The quantitative estimate of drug-likeness (QED) is 0.847. The summed E-state index contributed by atoms with van der Waals surface area (Å²) in [7, 11) is -3.62. The Morgan fingerprint density at radius 2 is 2.08 bits per heavy atom. The largest absolute Gasteiger partial charge is 0.444 e. The van der Waals surface area contributed by atoms with Crippen LogP contribution in [-0.4, -0.2) is 44.1 Å². The van der Waals surface area contributed by atoms with Crippen LogP contribution in [0.25, 0.3) is 0 Å². The van der Waals surface area contributed by atoms with Gasteiger partial charge < -0.3 is 9.64 Å². The van der Waals surface area contributed by atoms with Crippen LogP contribution >= 0.6 is 0 Å². The van der Waals surface area contributed by atoms with Gasteiger partial charge >= 0.3 is 6.09 Å². The molecule has 0 radical (unpaired) electrons. The Morgan fingerprint density at radius 1 is 1.38 bits per heavy atom. The van der Waals surface area contributed by atoms with E-state index < -0.39 is 21.7 Å². The molecule has 0 unspecified atom stereocenters. The van der Waals surface area contributed by atoms with Crippen molar-refractivity contribution in [3.63, 3.8) is 0 Å². The lowest BCUT2D eigenvalue weighted by Crippen LogP contribution is -2.45. The molecular weight excluding hydrogens is 354 g/mol. The number of sulfonamides is 1. The Bertz CT molecular complexity index is 793. The molecule has 1 saturated heterocycles. The van der Waals surface area contributed by atoms with Crippen LogP contribution in [0.4, 0.5) is 4.79 Å². The van der Waals surface area contributed by atoms with Crippen molar-refractivity contribution >= 4 is 16.1 Å². The van der Waals surface area contributed by atoms with E-state index in [-0.39, 0.29) is 18.3 Å². The zero-order valence-electron chi connectivity index (χ0n) is 15.4. The maximum Gasteiger partial charge on any atom is 0.410 e. The molecule has 1 aromatic rings.